The van der Waals surface area contributed by atoms with Crippen LogP contribution in [-0.4, -0.2) is 46.8 Å². The number of nitrogens with zero attached hydrogens (tertiary/aromatic N) is 2. The lowest BCUT2D eigenvalue weighted by Gasteiger charge is -2.27. The molecule has 27 heavy (non-hydrogen) atoms. The summed E-state index contributed by atoms with van der Waals surface area (Å²) in [6.07, 6.45) is 3.96. The maximum atomic E-state index is 13.2. The number of carbonyl (C=O) groups is 3. The van der Waals surface area contributed by atoms with Crippen LogP contribution in [-0.2, 0) is 16.1 Å². The van der Waals surface area contributed by atoms with Gasteiger partial charge >= 0.3 is 5.97 Å². The Kier molecular flexibility index (Phi) is 6.84. The Bertz CT molecular complexity index is 729. The molecule has 0 spiro atoms. The number of ether oxygens (including phenoxy) is 1. The summed E-state index contributed by atoms with van der Waals surface area (Å²) in [5.41, 5.74) is 2.33. The number of hydrogen-bond acceptors (Lipinski definition) is 4. The first-order chi connectivity index (χ1) is 12.8. The van der Waals surface area contributed by atoms with E-state index in [1.54, 1.807) is 32.7 Å². The summed E-state index contributed by atoms with van der Waals surface area (Å²) < 4.78 is 7.00. The van der Waals surface area contributed by atoms with E-state index in [9.17, 15) is 14.4 Å². The Morgan fingerprint density at radius 3 is 2.30 bits per heavy atom. The zero-order chi connectivity index (χ0) is 20.3. The minimum atomic E-state index is -0.571. The fourth-order valence-corrected chi connectivity index (χ4v) is 4.15. The number of likely N-dealkylation sites (N-methyl/N-ethyl adjacent to an activating group) is 1. The lowest BCUT2D eigenvalue weighted by Crippen LogP contribution is -2.43. The second-order valence-electron chi connectivity index (χ2n) is 7.37. The second-order valence-corrected chi connectivity index (χ2v) is 7.37. The average molecular weight is 376 g/mol. The topological polar surface area (TPSA) is 68.6 Å². The molecule has 1 amide bonds. The SMILES string of the molecule is CCOC(=O)c1c(C)c(C(=O)C(C)N(C)C(=O)C2CCCC2)c(C)n1CC. The molecule has 0 saturated heterocycles. The number of esters is 1. The highest BCUT2D eigenvalue weighted by Gasteiger charge is 2.34. The largest absolute Gasteiger partial charge is 0.461 e. The van der Waals surface area contributed by atoms with E-state index in [2.05, 4.69) is 0 Å². The Morgan fingerprint density at radius 1 is 1.19 bits per heavy atom. The molecule has 0 radical (unpaired) electrons. The molecule has 1 aliphatic rings. The molecule has 6 nitrogen and oxygen atoms in total. The van der Waals surface area contributed by atoms with Crippen molar-refractivity contribution in [2.75, 3.05) is 13.7 Å². The van der Waals surface area contributed by atoms with E-state index < -0.39 is 12.0 Å². The molecular formula is C21H32N2O4. The van der Waals surface area contributed by atoms with Gasteiger partial charge in [-0.3, -0.25) is 9.59 Å². The third-order valence-electron chi connectivity index (χ3n) is 5.81. The predicted molar refractivity (Wildman–Crippen MR) is 104 cm³/mol. The Morgan fingerprint density at radius 2 is 1.78 bits per heavy atom. The van der Waals surface area contributed by atoms with E-state index in [-0.39, 0.29) is 24.2 Å². The zero-order valence-corrected chi connectivity index (χ0v) is 17.4. The minimum Gasteiger partial charge on any atom is -0.461 e. The van der Waals surface area contributed by atoms with E-state index in [4.69, 9.17) is 4.74 Å². The Balaban J connectivity index is 2.34. The van der Waals surface area contributed by atoms with Crippen LogP contribution in [0.4, 0.5) is 0 Å². The maximum absolute atomic E-state index is 13.2. The Hall–Kier alpha value is -2.11. The van der Waals surface area contributed by atoms with Crippen molar-refractivity contribution >= 4 is 17.7 Å². The van der Waals surface area contributed by atoms with Crippen molar-refractivity contribution in [2.24, 2.45) is 5.92 Å². The molecule has 0 bridgehead atoms. The van der Waals surface area contributed by atoms with Crippen LogP contribution in [0.1, 0.15) is 78.6 Å². The van der Waals surface area contributed by atoms with Crippen molar-refractivity contribution < 1.29 is 19.1 Å². The molecule has 0 N–H and O–H groups in total. The highest BCUT2D eigenvalue weighted by Crippen LogP contribution is 2.29. The summed E-state index contributed by atoms with van der Waals surface area (Å²) in [6, 6.07) is -0.571. The first-order valence-corrected chi connectivity index (χ1v) is 9.93. The molecule has 1 saturated carbocycles. The summed E-state index contributed by atoms with van der Waals surface area (Å²) in [5.74, 6) is -0.467. The number of ketones is 1. The summed E-state index contributed by atoms with van der Waals surface area (Å²) in [5, 5.41) is 0. The van der Waals surface area contributed by atoms with Crippen molar-refractivity contribution in [1.29, 1.82) is 0 Å². The van der Waals surface area contributed by atoms with Gasteiger partial charge in [-0.25, -0.2) is 4.79 Å². The third-order valence-corrected chi connectivity index (χ3v) is 5.81. The molecule has 1 heterocycles. The number of rotatable bonds is 7. The number of amides is 1. The molecule has 1 unspecified atom stereocenters. The molecule has 1 aromatic heterocycles. The van der Waals surface area contributed by atoms with Gasteiger partial charge in [0.05, 0.1) is 12.6 Å². The van der Waals surface area contributed by atoms with E-state index in [1.807, 2.05) is 18.4 Å². The van der Waals surface area contributed by atoms with Crippen molar-refractivity contribution in [2.45, 2.75) is 72.9 Å². The van der Waals surface area contributed by atoms with E-state index in [1.165, 1.54) is 0 Å². The average Bonchev–Trinajstić information content (AvgIpc) is 3.25. The first-order valence-electron chi connectivity index (χ1n) is 9.93. The summed E-state index contributed by atoms with van der Waals surface area (Å²) >= 11 is 0. The van der Waals surface area contributed by atoms with E-state index in [0.29, 0.717) is 23.4 Å². The first kappa shape index (κ1) is 21.2. The highest BCUT2D eigenvalue weighted by atomic mass is 16.5. The molecular weight excluding hydrogens is 344 g/mol. The van der Waals surface area contributed by atoms with Gasteiger partial charge in [-0.1, -0.05) is 12.8 Å². The highest BCUT2D eigenvalue weighted by molar-refractivity contribution is 6.06. The third kappa shape index (κ3) is 3.94. The van der Waals surface area contributed by atoms with Crippen molar-refractivity contribution in [1.82, 2.24) is 9.47 Å². The molecule has 1 fully saturated rings. The number of Topliss-reactive ketones (excluding diaryl/α,β-unsaturated/α-hetero) is 1. The van der Waals surface area contributed by atoms with Gasteiger partial charge < -0.3 is 14.2 Å². The van der Waals surface area contributed by atoms with Gasteiger partial charge in [0.25, 0.3) is 0 Å². The summed E-state index contributed by atoms with van der Waals surface area (Å²) in [6.45, 7) is 9.94. The number of carbonyl (C=O) groups excluding carboxylic acids is 3. The molecule has 2 rings (SSSR count). The van der Waals surface area contributed by atoms with Crippen molar-refractivity contribution in [3.8, 4) is 0 Å². The predicted octanol–water partition coefficient (Wildman–Crippen LogP) is 3.52. The van der Waals surface area contributed by atoms with Gasteiger partial charge in [-0.05, 0) is 53.0 Å². The van der Waals surface area contributed by atoms with Gasteiger partial charge in [0.15, 0.2) is 5.78 Å². The standard InChI is InChI=1S/C21H32N2O4/c1-7-23-14(4)17(13(3)18(23)21(26)27-8-2)19(24)15(5)22(6)20(25)16-11-9-10-12-16/h15-16H,7-12H2,1-6H3. The van der Waals surface area contributed by atoms with Gasteiger partial charge in [-0.2, -0.15) is 0 Å². The van der Waals surface area contributed by atoms with Crippen LogP contribution in [0.25, 0.3) is 0 Å². The van der Waals surface area contributed by atoms with Crippen molar-refractivity contribution in [3.05, 3.63) is 22.5 Å². The fraction of sp³-hybridized carbons (Fsp3) is 0.667. The van der Waals surface area contributed by atoms with Crippen molar-refractivity contribution in [3.63, 3.8) is 0 Å². The van der Waals surface area contributed by atoms with Crippen LogP contribution < -0.4 is 0 Å². The lowest BCUT2D eigenvalue weighted by atomic mass is 9.98. The van der Waals surface area contributed by atoms with Crippen LogP contribution >= 0.6 is 0 Å². The molecule has 1 aromatic rings. The second kappa shape index (κ2) is 8.72. The van der Waals surface area contributed by atoms with E-state index in [0.717, 1.165) is 31.4 Å². The zero-order valence-electron chi connectivity index (χ0n) is 17.4. The summed E-state index contributed by atoms with van der Waals surface area (Å²) in [4.78, 5) is 39.9. The van der Waals surface area contributed by atoms with Crippen LogP contribution in [0.5, 0.6) is 0 Å². The molecule has 0 aliphatic heterocycles. The van der Waals surface area contributed by atoms with Crippen LogP contribution in [0.3, 0.4) is 0 Å². The Labute approximate surface area is 161 Å². The minimum absolute atomic E-state index is 0.0303. The molecule has 1 aliphatic carbocycles. The van der Waals surface area contributed by atoms with Gasteiger partial charge in [0, 0.05) is 30.8 Å². The summed E-state index contributed by atoms with van der Waals surface area (Å²) in [7, 11) is 1.71. The van der Waals surface area contributed by atoms with Gasteiger partial charge in [-0.15, -0.1) is 0 Å². The fourth-order valence-electron chi connectivity index (χ4n) is 4.15. The molecule has 6 heteroatoms. The lowest BCUT2D eigenvalue weighted by molar-refractivity contribution is -0.135. The monoisotopic (exact) mass is 376 g/mol. The van der Waals surface area contributed by atoms with Crippen LogP contribution in [0.15, 0.2) is 0 Å². The van der Waals surface area contributed by atoms with Gasteiger partial charge in [0.1, 0.15) is 5.69 Å². The molecule has 0 aromatic carbocycles. The maximum Gasteiger partial charge on any atom is 0.355 e. The van der Waals surface area contributed by atoms with Gasteiger partial charge in [0.2, 0.25) is 5.91 Å². The van der Waals surface area contributed by atoms with Crippen LogP contribution in [0, 0.1) is 19.8 Å². The van der Waals surface area contributed by atoms with Crippen LogP contribution in [0.2, 0.25) is 0 Å². The number of aromatic nitrogens is 1. The quantitative estimate of drug-likeness (QED) is 0.539. The molecule has 150 valence electrons. The smallest absolute Gasteiger partial charge is 0.355 e. The van der Waals surface area contributed by atoms with E-state index >= 15 is 0 Å². The molecule has 1 atom stereocenters. The number of hydrogen-bond donors (Lipinski definition) is 0. The normalized spacial score (nSPS) is 15.6.